The van der Waals surface area contributed by atoms with Gasteiger partial charge in [0.1, 0.15) is 23.7 Å². The van der Waals surface area contributed by atoms with E-state index in [2.05, 4.69) is 10.6 Å². The molecule has 138 valence electrons. The third-order valence-corrected chi connectivity index (χ3v) is 4.93. The van der Waals surface area contributed by atoms with Crippen LogP contribution < -0.4 is 10.6 Å². The Morgan fingerprint density at radius 3 is 2.74 bits per heavy atom. The van der Waals surface area contributed by atoms with Crippen molar-refractivity contribution in [2.75, 3.05) is 11.9 Å². The molecule has 8 heteroatoms. The molecule has 2 aromatic carbocycles. The fraction of sp³-hybridized carbons (Fsp3) is 0.211. The Bertz CT molecular complexity index is 978. The predicted molar refractivity (Wildman–Crippen MR) is 91.7 cm³/mol. The van der Waals surface area contributed by atoms with Crippen molar-refractivity contribution in [3.05, 3.63) is 65.2 Å². The lowest BCUT2D eigenvalue weighted by atomic mass is 9.92. The molecule has 1 heterocycles. The van der Waals surface area contributed by atoms with Crippen LogP contribution in [0.4, 0.5) is 19.3 Å². The van der Waals surface area contributed by atoms with Gasteiger partial charge in [0.2, 0.25) is 5.91 Å². The molecule has 0 saturated carbocycles. The minimum Gasteiger partial charge on any atom is -0.322 e. The zero-order valence-electron chi connectivity index (χ0n) is 14.1. The number of carbonyl (C=O) groups is 3. The highest BCUT2D eigenvalue weighted by molar-refractivity contribution is 6.10. The van der Waals surface area contributed by atoms with Crippen LogP contribution in [0.2, 0.25) is 0 Å². The van der Waals surface area contributed by atoms with Gasteiger partial charge in [0.25, 0.3) is 5.91 Å². The largest absolute Gasteiger partial charge is 0.325 e. The van der Waals surface area contributed by atoms with Gasteiger partial charge in [-0.3, -0.25) is 14.5 Å². The number of anilines is 1. The smallest absolute Gasteiger partial charge is 0.322 e. The van der Waals surface area contributed by atoms with E-state index in [4.69, 9.17) is 0 Å². The fourth-order valence-corrected chi connectivity index (χ4v) is 3.66. The Morgan fingerprint density at radius 1 is 1.19 bits per heavy atom. The molecule has 4 rings (SSSR count). The minimum absolute atomic E-state index is 0.227. The van der Waals surface area contributed by atoms with Crippen LogP contribution in [0, 0.1) is 11.6 Å². The lowest BCUT2D eigenvalue weighted by Crippen LogP contribution is -2.43. The van der Waals surface area contributed by atoms with E-state index in [1.54, 1.807) is 12.1 Å². The van der Waals surface area contributed by atoms with Gasteiger partial charge in [-0.25, -0.2) is 13.6 Å². The van der Waals surface area contributed by atoms with Crippen LogP contribution in [-0.4, -0.2) is 29.3 Å². The average molecular weight is 371 g/mol. The molecule has 0 bridgehead atoms. The number of amides is 4. The summed E-state index contributed by atoms with van der Waals surface area (Å²) in [5.41, 5.74) is 0.325. The molecule has 0 aromatic heterocycles. The van der Waals surface area contributed by atoms with Crippen LogP contribution >= 0.6 is 0 Å². The number of imide groups is 1. The number of benzene rings is 2. The van der Waals surface area contributed by atoms with Crippen LogP contribution in [0.25, 0.3) is 0 Å². The standard InChI is InChI=1S/C19H15F2N3O3/c20-12-5-6-15(14(21)9-12)22-16(25)10-24-17(26)19(23-18(24)27)8-7-11-3-1-2-4-13(11)19/h1-6,9H,7-8,10H2,(H,22,25)(H,23,27)/t19-/m1/s1. The van der Waals surface area contributed by atoms with Gasteiger partial charge >= 0.3 is 6.03 Å². The van der Waals surface area contributed by atoms with Crippen LogP contribution in [-0.2, 0) is 21.5 Å². The van der Waals surface area contributed by atoms with Gasteiger partial charge in [0.05, 0.1) is 5.69 Å². The highest BCUT2D eigenvalue weighted by Gasteiger charge is 2.55. The molecule has 0 unspecified atom stereocenters. The molecular formula is C19H15F2N3O3. The number of hydrogen-bond acceptors (Lipinski definition) is 3. The Kier molecular flexibility index (Phi) is 3.91. The van der Waals surface area contributed by atoms with Crippen molar-refractivity contribution in [1.82, 2.24) is 10.2 Å². The summed E-state index contributed by atoms with van der Waals surface area (Å²) in [4.78, 5) is 38.3. The first kappa shape index (κ1) is 17.1. The van der Waals surface area contributed by atoms with E-state index in [9.17, 15) is 23.2 Å². The number of halogens is 2. The number of fused-ring (bicyclic) bond motifs is 2. The third kappa shape index (κ3) is 2.73. The molecule has 27 heavy (non-hydrogen) atoms. The first-order valence-corrected chi connectivity index (χ1v) is 8.38. The Morgan fingerprint density at radius 2 is 1.96 bits per heavy atom. The first-order valence-electron chi connectivity index (χ1n) is 8.38. The zero-order valence-corrected chi connectivity index (χ0v) is 14.1. The molecule has 1 saturated heterocycles. The van der Waals surface area contributed by atoms with E-state index in [1.807, 2.05) is 12.1 Å². The monoisotopic (exact) mass is 371 g/mol. The Labute approximate surface area is 153 Å². The number of nitrogens with zero attached hydrogens (tertiary/aromatic N) is 1. The summed E-state index contributed by atoms with van der Waals surface area (Å²) < 4.78 is 26.6. The highest BCUT2D eigenvalue weighted by atomic mass is 19.1. The summed E-state index contributed by atoms with van der Waals surface area (Å²) in [5, 5.41) is 4.96. The summed E-state index contributed by atoms with van der Waals surface area (Å²) >= 11 is 0. The van der Waals surface area contributed by atoms with Crippen molar-refractivity contribution in [2.45, 2.75) is 18.4 Å². The molecule has 1 aliphatic heterocycles. The topological polar surface area (TPSA) is 78.5 Å². The molecule has 1 aliphatic carbocycles. The van der Waals surface area contributed by atoms with Crippen molar-refractivity contribution < 1.29 is 23.2 Å². The van der Waals surface area contributed by atoms with E-state index >= 15 is 0 Å². The van der Waals surface area contributed by atoms with Crippen molar-refractivity contribution in [3.63, 3.8) is 0 Å². The van der Waals surface area contributed by atoms with Gasteiger partial charge in [0.15, 0.2) is 0 Å². The summed E-state index contributed by atoms with van der Waals surface area (Å²) in [6.45, 7) is -0.564. The van der Waals surface area contributed by atoms with E-state index in [1.165, 1.54) is 0 Å². The normalized spacial score (nSPS) is 20.7. The summed E-state index contributed by atoms with van der Waals surface area (Å²) in [6.07, 6.45) is 1.06. The minimum atomic E-state index is -1.16. The predicted octanol–water partition coefficient (Wildman–Crippen LogP) is 2.30. The number of carbonyl (C=O) groups excluding carboxylic acids is 3. The molecule has 1 fully saturated rings. The summed E-state index contributed by atoms with van der Waals surface area (Å²) in [6, 6.07) is 9.37. The van der Waals surface area contributed by atoms with Gasteiger partial charge in [0, 0.05) is 6.07 Å². The first-order chi connectivity index (χ1) is 12.9. The van der Waals surface area contributed by atoms with Gasteiger partial charge in [-0.2, -0.15) is 0 Å². The van der Waals surface area contributed by atoms with Crippen molar-refractivity contribution in [3.8, 4) is 0 Å². The molecule has 4 amide bonds. The fourth-order valence-electron chi connectivity index (χ4n) is 3.66. The molecule has 6 nitrogen and oxygen atoms in total. The van der Waals surface area contributed by atoms with E-state index in [0.29, 0.717) is 18.9 Å². The van der Waals surface area contributed by atoms with Crippen molar-refractivity contribution in [1.29, 1.82) is 0 Å². The number of nitrogens with one attached hydrogen (secondary N) is 2. The van der Waals surface area contributed by atoms with Crippen LogP contribution in [0.15, 0.2) is 42.5 Å². The summed E-state index contributed by atoms with van der Waals surface area (Å²) in [5.74, 6) is -2.98. The van der Waals surface area contributed by atoms with E-state index in [0.717, 1.165) is 28.2 Å². The maximum atomic E-state index is 13.7. The molecule has 2 aliphatic rings. The van der Waals surface area contributed by atoms with E-state index in [-0.39, 0.29) is 5.69 Å². The van der Waals surface area contributed by atoms with Gasteiger partial charge in [-0.05, 0) is 36.1 Å². The molecular weight excluding hydrogens is 356 g/mol. The summed E-state index contributed by atoms with van der Waals surface area (Å²) in [7, 11) is 0. The SMILES string of the molecule is O=C(CN1C(=O)N[C@@]2(CCc3ccccc32)C1=O)Nc1ccc(F)cc1F. The molecule has 1 spiro atoms. The number of urea groups is 1. The second-order valence-corrected chi connectivity index (χ2v) is 6.56. The molecule has 1 atom stereocenters. The lowest BCUT2D eigenvalue weighted by molar-refractivity contribution is -0.134. The van der Waals surface area contributed by atoms with E-state index < -0.39 is 41.6 Å². The maximum absolute atomic E-state index is 13.7. The van der Waals surface area contributed by atoms with Crippen LogP contribution in [0.5, 0.6) is 0 Å². The lowest BCUT2D eigenvalue weighted by Gasteiger charge is -2.22. The molecule has 2 aromatic rings. The number of hydrogen-bond donors (Lipinski definition) is 2. The number of rotatable bonds is 3. The van der Waals surface area contributed by atoms with Crippen LogP contribution in [0.1, 0.15) is 17.5 Å². The van der Waals surface area contributed by atoms with Gasteiger partial charge in [-0.15, -0.1) is 0 Å². The average Bonchev–Trinajstić information content (AvgIpc) is 3.11. The van der Waals surface area contributed by atoms with Crippen molar-refractivity contribution in [2.24, 2.45) is 0 Å². The quantitative estimate of drug-likeness (QED) is 0.813. The van der Waals surface area contributed by atoms with Crippen LogP contribution in [0.3, 0.4) is 0 Å². The zero-order chi connectivity index (χ0) is 19.2. The maximum Gasteiger partial charge on any atom is 0.325 e. The molecule has 0 radical (unpaired) electrons. The second-order valence-electron chi connectivity index (χ2n) is 6.56. The third-order valence-electron chi connectivity index (χ3n) is 4.93. The Balaban J connectivity index is 1.53. The molecule has 2 N–H and O–H groups in total. The van der Waals surface area contributed by atoms with Crippen molar-refractivity contribution >= 4 is 23.5 Å². The number of aryl methyl sites for hydroxylation is 1. The Hall–Kier alpha value is -3.29. The highest BCUT2D eigenvalue weighted by Crippen LogP contribution is 2.41. The van der Waals surface area contributed by atoms with Gasteiger partial charge in [-0.1, -0.05) is 24.3 Å². The second kappa shape index (κ2) is 6.15. The van der Waals surface area contributed by atoms with Gasteiger partial charge < -0.3 is 10.6 Å².